The number of phosphoric acid groups is 1. The molecule has 1 unspecified atom stereocenters. The van der Waals surface area contributed by atoms with Crippen LogP contribution in [0.1, 0.15) is 206 Å². The molecule has 0 fully saturated rings. The van der Waals surface area contributed by atoms with Gasteiger partial charge in [0.1, 0.15) is 6.61 Å². The van der Waals surface area contributed by atoms with Crippen molar-refractivity contribution < 1.29 is 37.6 Å². The van der Waals surface area contributed by atoms with E-state index in [2.05, 4.69) is 74.6 Å². The van der Waals surface area contributed by atoms with Gasteiger partial charge in [0.05, 0.1) is 13.2 Å². The summed E-state index contributed by atoms with van der Waals surface area (Å²) in [7, 11) is -4.40. The quantitative estimate of drug-likeness (QED) is 0.0266. The van der Waals surface area contributed by atoms with Crippen LogP contribution in [-0.2, 0) is 32.7 Å². The van der Waals surface area contributed by atoms with Crippen LogP contribution in [0.3, 0.4) is 0 Å². The molecule has 0 amide bonds. The Balaban J connectivity index is 4.17. The number of ether oxygens (including phenoxy) is 2. The van der Waals surface area contributed by atoms with Crippen molar-refractivity contribution in [1.82, 2.24) is 0 Å². The van der Waals surface area contributed by atoms with E-state index in [1.807, 2.05) is 0 Å². The summed E-state index contributed by atoms with van der Waals surface area (Å²) in [6.45, 7) is 3.62. The van der Waals surface area contributed by atoms with E-state index in [0.717, 1.165) is 57.8 Å². The molecule has 0 aromatic rings. The van der Waals surface area contributed by atoms with Crippen molar-refractivity contribution in [3.63, 3.8) is 0 Å². The summed E-state index contributed by atoms with van der Waals surface area (Å²) in [5.74, 6) is -0.923. The van der Waals surface area contributed by atoms with Gasteiger partial charge in [0.25, 0.3) is 0 Å². The second-order valence-corrected chi connectivity index (χ2v) is 17.1. The summed E-state index contributed by atoms with van der Waals surface area (Å²) < 4.78 is 32.7. The van der Waals surface area contributed by atoms with Gasteiger partial charge in [-0.2, -0.15) is 0 Å². The monoisotopic (exact) mass is 850 g/mol. The highest BCUT2D eigenvalue weighted by Crippen LogP contribution is 2.43. The first kappa shape index (κ1) is 56.7. The lowest BCUT2D eigenvalue weighted by atomic mass is 10.0. The second kappa shape index (κ2) is 45.2. The molecule has 342 valence electrons. The number of unbranched alkanes of at least 4 members (excludes halogenated alkanes) is 21. The summed E-state index contributed by atoms with van der Waals surface area (Å²) in [5.41, 5.74) is 5.35. The van der Waals surface area contributed by atoms with E-state index in [1.54, 1.807) is 0 Å². The largest absolute Gasteiger partial charge is 0.472 e. The number of hydrogen-bond acceptors (Lipinski definition) is 8. The van der Waals surface area contributed by atoms with Crippen LogP contribution in [0, 0.1) is 0 Å². The van der Waals surface area contributed by atoms with E-state index in [0.29, 0.717) is 12.8 Å². The van der Waals surface area contributed by atoms with Crippen molar-refractivity contribution in [2.45, 2.75) is 213 Å². The van der Waals surface area contributed by atoms with Gasteiger partial charge in [-0.05, 0) is 83.5 Å². The average Bonchev–Trinajstić information content (AvgIpc) is 3.22. The summed E-state index contributed by atoms with van der Waals surface area (Å²) >= 11 is 0. The van der Waals surface area contributed by atoms with Crippen molar-refractivity contribution in [2.75, 3.05) is 26.4 Å². The molecule has 0 rings (SSSR count). The van der Waals surface area contributed by atoms with Crippen LogP contribution in [0.25, 0.3) is 0 Å². The zero-order valence-electron chi connectivity index (χ0n) is 37.7. The minimum atomic E-state index is -4.40. The number of esters is 2. The SMILES string of the molecule is CCCCC/C=C/C/C=C/C/C=C/CCCCC(=O)O[C@@H](COC(=O)CCC/C=C/CC/C=C/CCCCCCCCCCCCCCCC)COP(=O)(O)OCCN. The number of nitrogens with two attached hydrogens (primary N) is 1. The van der Waals surface area contributed by atoms with Gasteiger partial charge in [0.15, 0.2) is 6.10 Å². The minimum Gasteiger partial charge on any atom is -0.462 e. The molecule has 0 aliphatic carbocycles. The first-order valence-corrected chi connectivity index (χ1v) is 25.3. The Labute approximate surface area is 361 Å². The van der Waals surface area contributed by atoms with Crippen molar-refractivity contribution in [3.8, 4) is 0 Å². The number of allylic oxidation sites excluding steroid dienone is 10. The molecule has 0 radical (unpaired) electrons. The Morgan fingerprint density at radius 3 is 1.46 bits per heavy atom. The van der Waals surface area contributed by atoms with E-state index in [4.69, 9.17) is 24.3 Å². The standard InChI is InChI=1S/C49H88NO8P/c1-3-5-7-9-11-13-15-17-19-20-21-22-23-24-25-26-28-29-31-33-35-37-39-41-48(51)55-45-47(46-57-59(53,54)56-44-43-50)58-49(52)42-40-38-36-34-32-30-27-18-16-14-12-10-8-6-4-2/h12,14,18,26-28,32-35,47H,3-11,13,15-17,19-25,29-31,36-46,50H2,1-2H3,(H,53,54)/b14-12+,27-18+,28-26+,34-32+,35-33+/t47-/m0/s1. The van der Waals surface area contributed by atoms with Crippen LogP contribution in [-0.4, -0.2) is 49.3 Å². The fraction of sp³-hybridized carbons (Fsp3) is 0.755. The van der Waals surface area contributed by atoms with E-state index in [9.17, 15) is 19.0 Å². The zero-order valence-corrected chi connectivity index (χ0v) is 38.6. The molecule has 3 N–H and O–H groups in total. The zero-order chi connectivity index (χ0) is 43.2. The maximum Gasteiger partial charge on any atom is 0.472 e. The topological polar surface area (TPSA) is 134 Å². The van der Waals surface area contributed by atoms with Gasteiger partial charge in [-0.15, -0.1) is 0 Å². The highest BCUT2D eigenvalue weighted by atomic mass is 31.2. The third-order valence-corrected chi connectivity index (χ3v) is 10.8. The van der Waals surface area contributed by atoms with Gasteiger partial charge in [-0.1, -0.05) is 171 Å². The molecule has 0 aromatic heterocycles. The first-order valence-electron chi connectivity index (χ1n) is 23.8. The van der Waals surface area contributed by atoms with Crippen molar-refractivity contribution >= 4 is 19.8 Å². The van der Waals surface area contributed by atoms with Crippen molar-refractivity contribution in [3.05, 3.63) is 60.8 Å². The van der Waals surface area contributed by atoms with E-state index in [1.165, 1.54) is 109 Å². The lowest BCUT2D eigenvalue weighted by Gasteiger charge is -2.19. The summed E-state index contributed by atoms with van der Waals surface area (Å²) in [6.07, 6.45) is 54.2. The summed E-state index contributed by atoms with van der Waals surface area (Å²) in [5, 5.41) is 0. The number of hydrogen-bond donors (Lipinski definition) is 2. The number of carbonyl (C=O) groups excluding carboxylic acids is 2. The molecule has 59 heavy (non-hydrogen) atoms. The number of rotatable bonds is 44. The molecular weight excluding hydrogens is 762 g/mol. The number of phosphoric ester groups is 1. The van der Waals surface area contributed by atoms with Crippen molar-refractivity contribution in [1.29, 1.82) is 0 Å². The average molecular weight is 850 g/mol. The summed E-state index contributed by atoms with van der Waals surface area (Å²) in [4.78, 5) is 34.9. The van der Waals surface area contributed by atoms with Crippen LogP contribution >= 0.6 is 7.82 Å². The lowest BCUT2D eigenvalue weighted by Crippen LogP contribution is -2.29. The van der Waals surface area contributed by atoms with Crippen LogP contribution in [0.4, 0.5) is 0 Å². The smallest absolute Gasteiger partial charge is 0.462 e. The second-order valence-electron chi connectivity index (χ2n) is 15.6. The van der Waals surface area contributed by atoms with Gasteiger partial charge in [-0.25, -0.2) is 4.57 Å². The predicted octanol–water partition coefficient (Wildman–Crippen LogP) is 14.1. The molecule has 0 bridgehead atoms. The Morgan fingerprint density at radius 1 is 0.508 bits per heavy atom. The van der Waals surface area contributed by atoms with E-state index >= 15 is 0 Å². The van der Waals surface area contributed by atoms with Gasteiger partial charge in [-0.3, -0.25) is 18.6 Å². The van der Waals surface area contributed by atoms with E-state index < -0.39 is 32.5 Å². The fourth-order valence-corrected chi connectivity index (χ4v) is 7.07. The maximum atomic E-state index is 12.6. The lowest BCUT2D eigenvalue weighted by molar-refractivity contribution is -0.161. The number of carbonyl (C=O) groups is 2. The molecule has 0 aliphatic rings. The molecule has 9 nitrogen and oxygen atoms in total. The Kier molecular flexibility index (Phi) is 43.5. The van der Waals surface area contributed by atoms with Crippen LogP contribution in [0.5, 0.6) is 0 Å². The van der Waals surface area contributed by atoms with Gasteiger partial charge >= 0.3 is 19.8 Å². The highest BCUT2D eigenvalue weighted by molar-refractivity contribution is 7.47. The third-order valence-electron chi connectivity index (χ3n) is 9.85. The minimum absolute atomic E-state index is 0.0402. The third kappa shape index (κ3) is 45.1. The fourth-order valence-electron chi connectivity index (χ4n) is 6.31. The van der Waals surface area contributed by atoms with Gasteiger partial charge < -0.3 is 20.1 Å². The predicted molar refractivity (Wildman–Crippen MR) is 247 cm³/mol. The molecule has 0 heterocycles. The molecule has 2 atom stereocenters. The maximum absolute atomic E-state index is 12.6. The van der Waals surface area contributed by atoms with Crippen LogP contribution < -0.4 is 5.73 Å². The molecule has 0 spiro atoms. The van der Waals surface area contributed by atoms with Gasteiger partial charge in [0.2, 0.25) is 0 Å². The normalized spacial score (nSPS) is 13.8. The van der Waals surface area contributed by atoms with Crippen LogP contribution in [0.15, 0.2) is 60.8 Å². The Bertz CT molecular complexity index is 1150. The molecule has 0 aromatic carbocycles. The van der Waals surface area contributed by atoms with Crippen LogP contribution in [0.2, 0.25) is 0 Å². The van der Waals surface area contributed by atoms with Gasteiger partial charge in [0, 0.05) is 19.4 Å². The Morgan fingerprint density at radius 2 is 0.915 bits per heavy atom. The Hall–Kier alpha value is -2.29. The van der Waals surface area contributed by atoms with E-state index in [-0.39, 0.29) is 32.6 Å². The summed E-state index contributed by atoms with van der Waals surface area (Å²) in [6, 6.07) is 0. The highest BCUT2D eigenvalue weighted by Gasteiger charge is 2.26. The molecule has 0 saturated carbocycles. The first-order chi connectivity index (χ1) is 28.8. The molecule has 0 aliphatic heterocycles. The van der Waals surface area contributed by atoms with Crippen molar-refractivity contribution in [2.24, 2.45) is 5.73 Å². The molecular formula is C49H88NO8P. The molecule has 0 saturated heterocycles. The molecule has 10 heteroatoms.